The molecule has 1 aliphatic rings. The van der Waals surface area contributed by atoms with Crippen LogP contribution in [-0.2, 0) is 17.9 Å². The van der Waals surface area contributed by atoms with Gasteiger partial charge in [0.2, 0.25) is 6.79 Å². The van der Waals surface area contributed by atoms with Crippen LogP contribution in [0.3, 0.4) is 0 Å². The van der Waals surface area contributed by atoms with E-state index in [1.807, 2.05) is 43.3 Å². The van der Waals surface area contributed by atoms with Gasteiger partial charge in [-0.15, -0.1) is 0 Å². The molecule has 156 valence electrons. The summed E-state index contributed by atoms with van der Waals surface area (Å²) in [5, 5.41) is 9.01. The van der Waals surface area contributed by atoms with Crippen molar-refractivity contribution in [1.29, 1.82) is 0 Å². The molecule has 0 atom stereocenters. The highest BCUT2D eigenvalue weighted by molar-refractivity contribution is 9.10. The normalized spacial score (nSPS) is 12.1. The van der Waals surface area contributed by atoms with Gasteiger partial charge in [0.05, 0.1) is 4.47 Å². The molecule has 1 heterocycles. The van der Waals surface area contributed by atoms with Crippen molar-refractivity contribution in [1.82, 2.24) is 4.90 Å². The molecular formula is C22H26BrNO5. The molecule has 0 spiro atoms. The molecule has 2 aromatic rings. The fourth-order valence-corrected chi connectivity index (χ4v) is 3.78. The van der Waals surface area contributed by atoms with E-state index in [2.05, 4.69) is 15.9 Å². The molecule has 29 heavy (non-hydrogen) atoms. The van der Waals surface area contributed by atoms with Crippen LogP contribution in [0.5, 0.6) is 11.5 Å². The minimum atomic E-state index is -0.356. The van der Waals surface area contributed by atoms with E-state index < -0.39 is 0 Å². The molecule has 0 radical (unpaired) electrons. The minimum absolute atomic E-state index is 0.159. The van der Waals surface area contributed by atoms with E-state index in [4.69, 9.17) is 19.3 Å². The highest BCUT2D eigenvalue weighted by atomic mass is 79.9. The van der Waals surface area contributed by atoms with Crippen LogP contribution in [0.1, 0.15) is 36.0 Å². The van der Waals surface area contributed by atoms with Gasteiger partial charge < -0.3 is 24.2 Å². The maximum absolute atomic E-state index is 12.8. The number of benzene rings is 2. The molecule has 1 aliphatic heterocycles. The molecule has 2 aromatic carbocycles. The van der Waals surface area contributed by atoms with E-state index in [1.54, 1.807) is 4.90 Å². The lowest BCUT2D eigenvalue weighted by Crippen LogP contribution is -2.32. The second-order valence-electron chi connectivity index (χ2n) is 6.95. The molecule has 1 amide bonds. The van der Waals surface area contributed by atoms with Crippen LogP contribution in [0.15, 0.2) is 40.9 Å². The molecule has 6 nitrogen and oxygen atoms in total. The van der Waals surface area contributed by atoms with Crippen LogP contribution in [-0.4, -0.2) is 36.0 Å². The van der Waals surface area contributed by atoms with Gasteiger partial charge in [0, 0.05) is 25.3 Å². The van der Waals surface area contributed by atoms with E-state index in [1.165, 1.54) is 0 Å². The summed E-state index contributed by atoms with van der Waals surface area (Å²) >= 11 is 3.53. The SMILES string of the molecule is Cc1c(CN(CCCCCO)C(=O)OCc2ccccc2)cc(Br)c2c1OCO2. The van der Waals surface area contributed by atoms with E-state index in [9.17, 15) is 4.79 Å². The number of aliphatic hydroxyl groups excluding tert-OH is 1. The molecule has 3 rings (SSSR count). The lowest BCUT2D eigenvalue weighted by molar-refractivity contribution is 0.0926. The summed E-state index contributed by atoms with van der Waals surface area (Å²) in [6.45, 7) is 3.52. The third kappa shape index (κ3) is 5.64. The van der Waals surface area contributed by atoms with Gasteiger partial charge in [-0.25, -0.2) is 4.79 Å². The summed E-state index contributed by atoms with van der Waals surface area (Å²) < 4.78 is 17.5. The first kappa shape index (κ1) is 21.5. The van der Waals surface area contributed by atoms with E-state index in [0.717, 1.165) is 40.4 Å². The summed E-state index contributed by atoms with van der Waals surface area (Å²) in [7, 11) is 0. The van der Waals surface area contributed by atoms with Crippen LogP contribution < -0.4 is 9.47 Å². The lowest BCUT2D eigenvalue weighted by Gasteiger charge is -2.24. The van der Waals surface area contributed by atoms with Crippen LogP contribution in [0, 0.1) is 6.92 Å². The number of fused-ring (bicyclic) bond motifs is 1. The first-order chi connectivity index (χ1) is 14.1. The monoisotopic (exact) mass is 463 g/mol. The Kier molecular flexibility index (Phi) is 7.77. The Hall–Kier alpha value is -2.25. The highest BCUT2D eigenvalue weighted by Crippen LogP contribution is 2.43. The Balaban J connectivity index is 1.71. The molecule has 0 saturated carbocycles. The van der Waals surface area contributed by atoms with Gasteiger partial charge in [0.1, 0.15) is 6.61 Å². The summed E-state index contributed by atoms with van der Waals surface area (Å²) in [4.78, 5) is 14.5. The molecule has 7 heteroatoms. The Labute approximate surface area is 179 Å². The number of carbonyl (C=O) groups excluding carboxylic acids is 1. The van der Waals surface area contributed by atoms with Gasteiger partial charge in [0.15, 0.2) is 11.5 Å². The second-order valence-corrected chi connectivity index (χ2v) is 7.81. The van der Waals surface area contributed by atoms with E-state index in [0.29, 0.717) is 24.6 Å². The zero-order chi connectivity index (χ0) is 20.6. The fraction of sp³-hybridized carbons (Fsp3) is 0.409. The standard InChI is InChI=1S/C22H26BrNO5/c1-16-18(12-19(23)21-20(16)28-15-29-21)13-24(10-6-3-7-11-25)22(26)27-14-17-8-4-2-5-9-17/h2,4-5,8-9,12,25H,3,6-7,10-11,13-15H2,1H3. The summed E-state index contributed by atoms with van der Waals surface area (Å²) in [5.41, 5.74) is 2.87. The number of ether oxygens (including phenoxy) is 3. The average Bonchev–Trinajstić information content (AvgIpc) is 3.23. The van der Waals surface area contributed by atoms with Gasteiger partial charge in [-0.3, -0.25) is 0 Å². The summed E-state index contributed by atoms with van der Waals surface area (Å²) in [6, 6.07) is 11.6. The van der Waals surface area contributed by atoms with Crippen LogP contribution in [0.25, 0.3) is 0 Å². The topological polar surface area (TPSA) is 68.2 Å². The zero-order valence-corrected chi connectivity index (χ0v) is 18.1. The van der Waals surface area contributed by atoms with Crippen molar-refractivity contribution in [3.63, 3.8) is 0 Å². The molecule has 0 saturated heterocycles. The summed E-state index contributed by atoms with van der Waals surface area (Å²) in [5.74, 6) is 1.42. The van der Waals surface area contributed by atoms with Crippen LogP contribution in [0.2, 0.25) is 0 Å². The molecule has 0 bridgehead atoms. The predicted octanol–water partition coefficient (Wildman–Crippen LogP) is 4.79. The molecule has 0 fully saturated rings. The Morgan fingerprint density at radius 1 is 1.17 bits per heavy atom. The van der Waals surface area contributed by atoms with Crippen LogP contribution >= 0.6 is 15.9 Å². The summed E-state index contributed by atoms with van der Waals surface area (Å²) in [6.07, 6.45) is 2.02. The maximum Gasteiger partial charge on any atom is 0.410 e. The number of hydrogen-bond donors (Lipinski definition) is 1. The van der Waals surface area contributed by atoms with Gasteiger partial charge in [-0.1, -0.05) is 30.3 Å². The van der Waals surface area contributed by atoms with E-state index in [-0.39, 0.29) is 26.1 Å². The van der Waals surface area contributed by atoms with E-state index >= 15 is 0 Å². The maximum atomic E-state index is 12.8. The number of rotatable bonds is 9. The number of aliphatic hydroxyl groups is 1. The molecular weight excluding hydrogens is 438 g/mol. The quantitative estimate of drug-likeness (QED) is 0.541. The largest absolute Gasteiger partial charge is 0.453 e. The lowest BCUT2D eigenvalue weighted by atomic mass is 10.1. The van der Waals surface area contributed by atoms with Gasteiger partial charge in [0.25, 0.3) is 0 Å². The Morgan fingerprint density at radius 3 is 2.69 bits per heavy atom. The Morgan fingerprint density at radius 2 is 1.93 bits per heavy atom. The molecule has 0 aromatic heterocycles. The van der Waals surface area contributed by atoms with Gasteiger partial charge >= 0.3 is 6.09 Å². The number of hydrogen-bond acceptors (Lipinski definition) is 5. The van der Waals surface area contributed by atoms with Crippen molar-refractivity contribution in [2.75, 3.05) is 19.9 Å². The van der Waals surface area contributed by atoms with Crippen molar-refractivity contribution >= 4 is 22.0 Å². The number of halogens is 1. The van der Waals surface area contributed by atoms with Crippen molar-refractivity contribution in [3.05, 3.63) is 57.6 Å². The van der Waals surface area contributed by atoms with Gasteiger partial charge in [-0.05, 0) is 59.3 Å². The second kappa shape index (κ2) is 10.5. The third-order valence-corrected chi connectivity index (χ3v) is 5.45. The third-order valence-electron chi connectivity index (χ3n) is 4.86. The highest BCUT2D eigenvalue weighted by Gasteiger charge is 2.24. The van der Waals surface area contributed by atoms with Crippen molar-refractivity contribution < 1.29 is 24.1 Å². The first-order valence-corrected chi connectivity index (χ1v) is 10.5. The number of amides is 1. The van der Waals surface area contributed by atoms with Crippen molar-refractivity contribution in [2.24, 2.45) is 0 Å². The van der Waals surface area contributed by atoms with Crippen LogP contribution in [0.4, 0.5) is 4.79 Å². The minimum Gasteiger partial charge on any atom is -0.453 e. The molecule has 0 unspecified atom stereocenters. The fourth-order valence-electron chi connectivity index (χ4n) is 3.21. The molecule has 0 aliphatic carbocycles. The number of nitrogens with zero attached hydrogens (tertiary/aromatic N) is 1. The first-order valence-electron chi connectivity index (χ1n) is 9.74. The van der Waals surface area contributed by atoms with Crippen molar-refractivity contribution in [2.45, 2.75) is 39.3 Å². The average molecular weight is 464 g/mol. The molecule has 1 N–H and O–H groups in total. The van der Waals surface area contributed by atoms with Gasteiger partial charge in [-0.2, -0.15) is 0 Å². The number of carbonyl (C=O) groups is 1. The Bertz CT molecular complexity index is 828. The smallest absolute Gasteiger partial charge is 0.410 e. The predicted molar refractivity (Wildman–Crippen MR) is 113 cm³/mol. The zero-order valence-electron chi connectivity index (χ0n) is 16.5. The number of unbranched alkanes of at least 4 members (excludes halogenated alkanes) is 2. The van der Waals surface area contributed by atoms with Crippen molar-refractivity contribution in [3.8, 4) is 11.5 Å².